The fraction of sp³-hybridized carbons (Fsp3) is 0.400. The maximum Gasteiger partial charge on any atom is 0.225 e. The molecule has 0 radical (unpaired) electrons. The van der Waals surface area contributed by atoms with Crippen LogP contribution in [-0.4, -0.2) is 25.9 Å². The second-order valence-electron chi connectivity index (χ2n) is 7.55. The molecule has 2 aromatic rings. The molecule has 0 unspecified atom stereocenters. The summed E-state index contributed by atoms with van der Waals surface area (Å²) in [5.74, 6) is -0.192. The Kier molecular flexibility index (Phi) is 5.86. The molecule has 0 spiro atoms. The van der Waals surface area contributed by atoms with Gasteiger partial charge in [-0.2, -0.15) is 0 Å². The topological polar surface area (TPSA) is 76.1 Å². The van der Waals surface area contributed by atoms with E-state index in [9.17, 15) is 13.2 Å². The number of pyridine rings is 1. The summed E-state index contributed by atoms with van der Waals surface area (Å²) in [6.07, 6.45) is 3.13. The minimum absolute atomic E-state index is 0.00247. The van der Waals surface area contributed by atoms with Crippen LogP contribution in [0, 0.1) is 19.3 Å². The van der Waals surface area contributed by atoms with Gasteiger partial charge in [0.15, 0.2) is 9.84 Å². The smallest absolute Gasteiger partial charge is 0.225 e. The van der Waals surface area contributed by atoms with Crippen LogP contribution in [-0.2, 0) is 14.6 Å². The molecule has 1 aromatic heterocycles. The Morgan fingerprint density at radius 3 is 2.46 bits per heavy atom. The lowest BCUT2D eigenvalue weighted by Gasteiger charge is -2.23. The third-order valence-electron chi connectivity index (χ3n) is 4.21. The first kappa shape index (κ1) is 20.1. The number of hydrogen-bond donors (Lipinski definition) is 1. The van der Waals surface area contributed by atoms with Crippen molar-refractivity contribution in [2.75, 3.05) is 6.54 Å². The molecule has 1 atom stereocenters. The monoisotopic (exact) mass is 374 g/mol. The van der Waals surface area contributed by atoms with Gasteiger partial charge in [0.1, 0.15) is 5.25 Å². The van der Waals surface area contributed by atoms with Crippen molar-refractivity contribution >= 4 is 15.7 Å². The summed E-state index contributed by atoms with van der Waals surface area (Å²) in [5.41, 5.74) is 1.52. The summed E-state index contributed by atoms with van der Waals surface area (Å²) >= 11 is 0. The van der Waals surface area contributed by atoms with E-state index in [0.717, 1.165) is 5.56 Å². The van der Waals surface area contributed by atoms with Crippen LogP contribution in [0.15, 0.2) is 47.6 Å². The summed E-state index contributed by atoms with van der Waals surface area (Å²) in [6, 6.07) is 8.79. The SMILES string of the molecule is Cc1ccc(C)c(S(=O)(=O)[C@H](CNC(=O)C(C)(C)C)c2cccnc2)c1. The Hall–Kier alpha value is -2.21. The van der Waals surface area contributed by atoms with Crippen LogP contribution >= 0.6 is 0 Å². The second kappa shape index (κ2) is 7.58. The molecule has 2 rings (SSSR count). The zero-order valence-electron chi connectivity index (χ0n) is 15.9. The highest BCUT2D eigenvalue weighted by Crippen LogP contribution is 2.31. The number of amides is 1. The van der Waals surface area contributed by atoms with E-state index in [1.54, 1.807) is 58.2 Å². The maximum absolute atomic E-state index is 13.4. The molecule has 5 nitrogen and oxygen atoms in total. The van der Waals surface area contributed by atoms with E-state index in [2.05, 4.69) is 10.3 Å². The van der Waals surface area contributed by atoms with Crippen molar-refractivity contribution in [3.8, 4) is 0 Å². The third-order valence-corrected chi connectivity index (χ3v) is 6.45. The van der Waals surface area contributed by atoms with Crippen molar-refractivity contribution in [3.63, 3.8) is 0 Å². The van der Waals surface area contributed by atoms with E-state index < -0.39 is 20.5 Å². The Bertz CT molecular complexity index is 885. The van der Waals surface area contributed by atoms with Gasteiger partial charge in [-0.05, 0) is 42.7 Å². The van der Waals surface area contributed by atoms with E-state index in [1.165, 1.54) is 6.20 Å². The van der Waals surface area contributed by atoms with Crippen LogP contribution in [0.5, 0.6) is 0 Å². The normalized spacial score (nSPS) is 13.3. The Morgan fingerprint density at radius 1 is 1.19 bits per heavy atom. The van der Waals surface area contributed by atoms with Gasteiger partial charge >= 0.3 is 0 Å². The molecule has 0 aliphatic rings. The van der Waals surface area contributed by atoms with E-state index in [4.69, 9.17) is 0 Å². The number of carbonyl (C=O) groups is 1. The second-order valence-corrected chi connectivity index (χ2v) is 9.65. The van der Waals surface area contributed by atoms with E-state index in [1.807, 2.05) is 13.0 Å². The zero-order valence-corrected chi connectivity index (χ0v) is 16.7. The Balaban J connectivity index is 2.46. The van der Waals surface area contributed by atoms with Crippen LogP contribution in [0.3, 0.4) is 0 Å². The number of aryl methyl sites for hydroxylation is 2. The summed E-state index contributed by atoms with van der Waals surface area (Å²) in [7, 11) is -3.70. The minimum atomic E-state index is -3.70. The molecule has 1 heterocycles. The molecule has 0 saturated heterocycles. The number of benzene rings is 1. The van der Waals surface area contributed by atoms with Crippen LogP contribution in [0.4, 0.5) is 0 Å². The number of sulfone groups is 1. The van der Waals surface area contributed by atoms with Crippen molar-refractivity contribution < 1.29 is 13.2 Å². The van der Waals surface area contributed by atoms with Crippen LogP contribution in [0.25, 0.3) is 0 Å². The van der Waals surface area contributed by atoms with Crippen LogP contribution in [0.1, 0.15) is 42.7 Å². The van der Waals surface area contributed by atoms with Gasteiger partial charge in [-0.15, -0.1) is 0 Å². The molecule has 1 aromatic carbocycles. The van der Waals surface area contributed by atoms with Gasteiger partial charge in [0.2, 0.25) is 5.91 Å². The lowest BCUT2D eigenvalue weighted by Crippen LogP contribution is -2.38. The van der Waals surface area contributed by atoms with Crippen molar-refractivity contribution in [2.45, 2.75) is 44.8 Å². The third kappa shape index (κ3) is 4.49. The number of carbonyl (C=O) groups excluding carboxylic acids is 1. The number of nitrogens with one attached hydrogen (secondary N) is 1. The van der Waals surface area contributed by atoms with Gasteiger partial charge in [0.05, 0.1) is 4.90 Å². The first-order chi connectivity index (χ1) is 12.0. The van der Waals surface area contributed by atoms with Gasteiger partial charge in [0.25, 0.3) is 0 Å². The number of rotatable bonds is 5. The standard InChI is InChI=1S/C20H26N2O3S/c1-14-8-9-15(2)17(11-14)26(24,25)18(16-7-6-10-21-12-16)13-22-19(23)20(3,4)5/h6-12,18H,13H2,1-5H3,(H,22,23)/t18-/m1/s1. The van der Waals surface area contributed by atoms with Gasteiger partial charge in [0, 0.05) is 24.4 Å². The van der Waals surface area contributed by atoms with Crippen LogP contribution in [0.2, 0.25) is 0 Å². The molecule has 1 N–H and O–H groups in total. The molecular weight excluding hydrogens is 348 g/mol. The van der Waals surface area contributed by atoms with Gasteiger partial charge in [-0.25, -0.2) is 8.42 Å². The van der Waals surface area contributed by atoms with Crippen molar-refractivity contribution in [1.29, 1.82) is 0 Å². The van der Waals surface area contributed by atoms with E-state index in [-0.39, 0.29) is 17.3 Å². The van der Waals surface area contributed by atoms with Gasteiger partial charge in [-0.3, -0.25) is 9.78 Å². The molecule has 6 heteroatoms. The molecule has 0 bridgehead atoms. The summed E-state index contributed by atoms with van der Waals surface area (Å²) in [6.45, 7) is 9.01. The number of aromatic nitrogens is 1. The highest BCUT2D eigenvalue weighted by molar-refractivity contribution is 7.91. The first-order valence-corrected chi connectivity index (χ1v) is 10.1. The van der Waals surface area contributed by atoms with Crippen molar-refractivity contribution in [2.24, 2.45) is 5.41 Å². The zero-order chi connectivity index (χ0) is 19.5. The average Bonchev–Trinajstić information content (AvgIpc) is 2.57. The highest BCUT2D eigenvalue weighted by atomic mass is 32.2. The van der Waals surface area contributed by atoms with E-state index in [0.29, 0.717) is 11.1 Å². The molecule has 0 saturated carbocycles. The highest BCUT2D eigenvalue weighted by Gasteiger charge is 2.32. The molecular formula is C20H26N2O3S. The Morgan fingerprint density at radius 2 is 1.88 bits per heavy atom. The molecule has 140 valence electrons. The molecule has 0 aliphatic carbocycles. The molecule has 1 amide bonds. The van der Waals surface area contributed by atoms with Crippen LogP contribution < -0.4 is 5.32 Å². The lowest BCUT2D eigenvalue weighted by molar-refractivity contribution is -0.128. The molecule has 0 fully saturated rings. The van der Waals surface area contributed by atoms with Crippen molar-refractivity contribution in [3.05, 3.63) is 59.4 Å². The van der Waals surface area contributed by atoms with Crippen molar-refractivity contribution in [1.82, 2.24) is 10.3 Å². The number of hydrogen-bond acceptors (Lipinski definition) is 4. The minimum Gasteiger partial charge on any atom is -0.354 e. The predicted octanol–water partition coefficient (Wildman–Crippen LogP) is 3.38. The Labute approximate surface area is 155 Å². The lowest BCUT2D eigenvalue weighted by atomic mass is 9.95. The molecule has 0 aliphatic heterocycles. The maximum atomic E-state index is 13.4. The quantitative estimate of drug-likeness (QED) is 0.870. The fourth-order valence-electron chi connectivity index (χ4n) is 2.59. The first-order valence-electron chi connectivity index (χ1n) is 8.53. The van der Waals surface area contributed by atoms with Gasteiger partial charge < -0.3 is 5.32 Å². The molecule has 26 heavy (non-hydrogen) atoms. The van der Waals surface area contributed by atoms with E-state index >= 15 is 0 Å². The largest absolute Gasteiger partial charge is 0.354 e. The number of nitrogens with zero attached hydrogens (tertiary/aromatic N) is 1. The van der Waals surface area contributed by atoms with Gasteiger partial charge in [-0.1, -0.05) is 39.0 Å². The summed E-state index contributed by atoms with van der Waals surface area (Å²) < 4.78 is 26.8. The summed E-state index contributed by atoms with van der Waals surface area (Å²) in [4.78, 5) is 16.6. The average molecular weight is 375 g/mol. The predicted molar refractivity (Wildman–Crippen MR) is 103 cm³/mol. The fourth-order valence-corrected chi connectivity index (χ4v) is 4.56. The summed E-state index contributed by atoms with van der Waals surface area (Å²) in [5, 5.41) is 1.89.